The Bertz CT molecular complexity index is 1340. The number of methoxy groups -OCH3 is 1. The molecular weight excluding hydrogens is 472 g/mol. The van der Waals surface area contributed by atoms with Gasteiger partial charge in [-0.15, -0.1) is 10.2 Å². The van der Waals surface area contributed by atoms with Crippen LogP contribution in [0.4, 0.5) is 16.3 Å². The molecule has 14 heteroatoms. The van der Waals surface area contributed by atoms with Gasteiger partial charge >= 0.3 is 6.09 Å². The zero-order chi connectivity index (χ0) is 25.5. The Labute approximate surface area is 205 Å². The normalized spacial score (nSPS) is 10.9. The van der Waals surface area contributed by atoms with E-state index < -0.39 is 12.0 Å². The number of hydrogen-bond donors (Lipinski definition) is 2. The van der Waals surface area contributed by atoms with Crippen LogP contribution in [0.2, 0.25) is 0 Å². The summed E-state index contributed by atoms with van der Waals surface area (Å²) in [5.74, 6) is 0.284. The first-order chi connectivity index (χ1) is 17.5. The van der Waals surface area contributed by atoms with E-state index in [2.05, 4.69) is 35.9 Å². The monoisotopic (exact) mass is 496 g/mol. The van der Waals surface area contributed by atoms with Crippen LogP contribution in [0.15, 0.2) is 39.6 Å². The number of pyridine rings is 1. The van der Waals surface area contributed by atoms with E-state index in [9.17, 15) is 9.59 Å². The van der Waals surface area contributed by atoms with Gasteiger partial charge in [0.25, 0.3) is 11.8 Å². The molecule has 36 heavy (non-hydrogen) atoms. The van der Waals surface area contributed by atoms with Gasteiger partial charge in [0.2, 0.25) is 11.8 Å². The summed E-state index contributed by atoms with van der Waals surface area (Å²) in [6, 6.07) is 3.19. The molecule has 0 aliphatic rings. The number of ether oxygens (including phenoxy) is 2. The predicted octanol–water partition coefficient (Wildman–Crippen LogP) is 3.27. The molecule has 2 N–H and O–H groups in total. The van der Waals surface area contributed by atoms with Crippen LogP contribution in [0.3, 0.4) is 0 Å². The van der Waals surface area contributed by atoms with Crippen molar-refractivity contribution in [3.63, 3.8) is 0 Å². The van der Waals surface area contributed by atoms with E-state index in [4.69, 9.17) is 18.3 Å². The van der Waals surface area contributed by atoms with Crippen LogP contribution in [0, 0.1) is 0 Å². The Balaban J connectivity index is 1.45. The molecule has 0 spiro atoms. The Morgan fingerprint density at radius 2 is 2.06 bits per heavy atom. The third-order valence-electron chi connectivity index (χ3n) is 4.72. The summed E-state index contributed by atoms with van der Waals surface area (Å²) in [5.41, 5.74) is 1.17. The molecule has 0 atom stereocenters. The summed E-state index contributed by atoms with van der Waals surface area (Å²) in [7, 11) is 3.20. The van der Waals surface area contributed by atoms with E-state index in [-0.39, 0.29) is 35.8 Å². The highest BCUT2D eigenvalue weighted by Crippen LogP contribution is 2.26. The smallest absolute Gasteiger partial charge is 0.412 e. The first-order valence-corrected chi connectivity index (χ1v) is 11.0. The van der Waals surface area contributed by atoms with Crippen LogP contribution < -0.4 is 10.6 Å². The second-order valence-electron chi connectivity index (χ2n) is 7.54. The minimum absolute atomic E-state index is 0.0238. The van der Waals surface area contributed by atoms with Crippen LogP contribution >= 0.6 is 0 Å². The maximum Gasteiger partial charge on any atom is 0.412 e. The number of unbranched alkanes of at least 4 members (excludes halogenated alkanes) is 1. The molecule has 4 rings (SSSR count). The van der Waals surface area contributed by atoms with Gasteiger partial charge in [0.1, 0.15) is 18.7 Å². The lowest BCUT2D eigenvalue weighted by Gasteiger charge is -2.06. The molecule has 0 aliphatic heterocycles. The first kappa shape index (κ1) is 24.5. The number of hydrogen-bond acceptors (Lipinski definition) is 11. The molecule has 0 bridgehead atoms. The third-order valence-corrected chi connectivity index (χ3v) is 4.72. The van der Waals surface area contributed by atoms with Crippen molar-refractivity contribution in [3.8, 4) is 23.0 Å². The average Bonchev–Trinajstić information content (AvgIpc) is 3.60. The standard InChI is InChI=1S/C22H24N8O6/c1-4-5-8-34-22(32)26-16-9-13(6-7-23-16)20-25-15(11-35-20)19(31)24-14-10-30(2)29-18(14)21-28-27-17(36-21)12-33-3/h6-7,9-11H,4-5,8,12H2,1-3H3,(H,24,31)(H,23,26,32). The van der Waals surface area contributed by atoms with Crippen molar-refractivity contribution in [2.75, 3.05) is 24.4 Å². The number of oxazole rings is 1. The number of aromatic nitrogens is 6. The largest absolute Gasteiger partial charge is 0.449 e. The summed E-state index contributed by atoms with van der Waals surface area (Å²) in [6.07, 6.45) is 5.36. The lowest BCUT2D eigenvalue weighted by Crippen LogP contribution is -2.15. The topological polar surface area (TPSA) is 172 Å². The second-order valence-corrected chi connectivity index (χ2v) is 7.54. The van der Waals surface area contributed by atoms with Crippen molar-refractivity contribution in [1.29, 1.82) is 0 Å². The Morgan fingerprint density at radius 1 is 1.19 bits per heavy atom. The molecule has 4 aromatic rings. The number of nitrogens with one attached hydrogen (secondary N) is 2. The Kier molecular flexibility index (Phi) is 7.65. The molecule has 188 valence electrons. The highest BCUT2D eigenvalue weighted by atomic mass is 16.5. The van der Waals surface area contributed by atoms with E-state index in [1.807, 2.05) is 6.92 Å². The van der Waals surface area contributed by atoms with E-state index in [1.165, 1.54) is 24.3 Å². The maximum absolute atomic E-state index is 12.9. The molecule has 0 fully saturated rings. The minimum atomic E-state index is -0.608. The zero-order valence-corrected chi connectivity index (χ0v) is 19.8. The molecule has 4 aromatic heterocycles. The first-order valence-electron chi connectivity index (χ1n) is 11.0. The SMILES string of the molecule is CCCCOC(=O)Nc1cc(-c2nc(C(=O)Nc3cn(C)nc3-c3nnc(COC)o3)co2)ccn1. The van der Waals surface area contributed by atoms with E-state index in [1.54, 1.807) is 25.4 Å². The van der Waals surface area contributed by atoms with Gasteiger partial charge in [-0.25, -0.2) is 14.8 Å². The fourth-order valence-electron chi connectivity index (χ4n) is 3.05. The number of carbonyl (C=O) groups excluding carboxylic acids is 2. The Hall–Kier alpha value is -4.59. The lowest BCUT2D eigenvalue weighted by atomic mass is 10.2. The highest BCUT2D eigenvalue weighted by molar-refractivity contribution is 6.04. The highest BCUT2D eigenvalue weighted by Gasteiger charge is 2.21. The Morgan fingerprint density at radius 3 is 2.86 bits per heavy atom. The van der Waals surface area contributed by atoms with Gasteiger partial charge in [-0.1, -0.05) is 13.3 Å². The van der Waals surface area contributed by atoms with Crippen molar-refractivity contribution in [2.24, 2.45) is 7.05 Å². The molecule has 0 aliphatic carbocycles. The molecule has 0 aromatic carbocycles. The second kappa shape index (κ2) is 11.2. The van der Waals surface area contributed by atoms with Crippen molar-refractivity contribution in [2.45, 2.75) is 26.4 Å². The van der Waals surface area contributed by atoms with Crippen LogP contribution in [-0.2, 0) is 23.1 Å². The van der Waals surface area contributed by atoms with Gasteiger partial charge in [-0.3, -0.25) is 14.8 Å². The number of aryl methyl sites for hydroxylation is 1. The molecule has 0 saturated carbocycles. The van der Waals surface area contributed by atoms with Gasteiger partial charge < -0.3 is 23.6 Å². The van der Waals surface area contributed by atoms with Crippen LogP contribution in [-0.4, -0.2) is 55.7 Å². The average molecular weight is 496 g/mol. The predicted molar refractivity (Wildman–Crippen MR) is 125 cm³/mol. The van der Waals surface area contributed by atoms with Crippen molar-refractivity contribution in [3.05, 3.63) is 42.4 Å². The summed E-state index contributed by atoms with van der Waals surface area (Å²) in [4.78, 5) is 33.1. The number of carbonyl (C=O) groups is 2. The number of amides is 2. The molecular formula is C22H24N8O6. The molecule has 14 nitrogen and oxygen atoms in total. The van der Waals surface area contributed by atoms with Crippen LogP contribution in [0.5, 0.6) is 0 Å². The van der Waals surface area contributed by atoms with E-state index >= 15 is 0 Å². The van der Waals surface area contributed by atoms with Gasteiger partial charge in [0.15, 0.2) is 11.4 Å². The van der Waals surface area contributed by atoms with Gasteiger partial charge in [0, 0.05) is 32.1 Å². The summed E-state index contributed by atoms with van der Waals surface area (Å²) >= 11 is 0. The molecule has 0 saturated heterocycles. The molecule has 4 heterocycles. The quantitative estimate of drug-likeness (QED) is 0.308. The molecule has 2 amide bonds. The van der Waals surface area contributed by atoms with E-state index in [0.717, 1.165) is 12.8 Å². The maximum atomic E-state index is 12.9. The van der Waals surface area contributed by atoms with Crippen LogP contribution in [0.1, 0.15) is 36.1 Å². The number of nitrogens with zero attached hydrogens (tertiary/aromatic N) is 6. The van der Waals surface area contributed by atoms with Gasteiger partial charge in [0.05, 0.1) is 12.3 Å². The van der Waals surface area contributed by atoms with Gasteiger partial charge in [-0.2, -0.15) is 5.10 Å². The van der Waals surface area contributed by atoms with Gasteiger partial charge in [-0.05, 0) is 18.6 Å². The number of rotatable bonds is 10. The minimum Gasteiger partial charge on any atom is -0.449 e. The summed E-state index contributed by atoms with van der Waals surface area (Å²) < 4.78 is 22.6. The summed E-state index contributed by atoms with van der Waals surface area (Å²) in [6.45, 7) is 2.47. The van der Waals surface area contributed by atoms with Crippen molar-refractivity contribution in [1.82, 2.24) is 29.9 Å². The number of anilines is 2. The van der Waals surface area contributed by atoms with E-state index in [0.29, 0.717) is 23.6 Å². The lowest BCUT2D eigenvalue weighted by molar-refractivity contribution is 0.102. The fourth-order valence-corrected chi connectivity index (χ4v) is 3.05. The molecule has 0 radical (unpaired) electrons. The van der Waals surface area contributed by atoms with Crippen molar-refractivity contribution >= 4 is 23.5 Å². The van der Waals surface area contributed by atoms with Crippen LogP contribution in [0.25, 0.3) is 23.0 Å². The third kappa shape index (κ3) is 5.90. The molecule has 0 unspecified atom stereocenters. The summed E-state index contributed by atoms with van der Waals surface area (Å²) in [5, 5.41) is 17.4. The van der Waals surface area contributed by atoms with Crippen molar-refractivity contribution < 1.29 is 27.9 Å². The fraction of sp³-hybridized carbons (Fsp3) is 0.318. The zero-order valence-electron chi connectivity index (χ0n) is 19.8.